The zero-order valence-corrected chi connectivity index (χ0v) is 20.8. The van der Waals surface area contributed by atoms with Crippen molar-refractivity contribution in [3.05, 3.63) is 126 Å². The van der Waals surface area contributed by atoms with Gasteiger partial charge in [-0.15, -0.1) is 0 Å². The van der Waals surface area contributed by atoms with Crippen molar-refractivity contribution in [2.24, 2.45) is 0 Å². The molecule has 4 rings (SSSR count). The van der Waals surface area contributed by atoms with Gasteiger partial charge in [-0.1, -0.05) is 66.7 Å². The Hall–Kier alpha value is -4.58. The summed E-state index contributed by atoms with van der Waals surface area (Å²) < 4.78 is 5.80. The van der Waals surface area contributed by atoms with E-state index in [9.17, 15) is 9.59 Å². The Morgan fingerprint density at radius 1 is 0.784 bits per heavy atom. The van der Waals surface area contributed by atoms with Crippen molar-refractivity contribution in [2.45, 2.75) is 19.4 Å². The Bertz CT molecular complexity index is 1290. The van der Waals surface area contributed by atoms with Crippen LogP contribution >= 0.6 is 0 Å². The SMILES string of the molecule is CC(NC(=O)c1cccc(NCC(=O)Nc2ccc(OCCc3ccccc3)cc2)c1)c1ccccc1. The number of carbonyl (C=O) groups is 2. The number of carbonyl (C=O) groups excluding carboxylic acids is 2. The van der Waals surface area contributed by atoms with Crippen LogP contribution in [0.4, 0.5) is 11.4 Å². The van der Waals surface area contributed by atoms with Gasteiger partial charge in [-0.3, -0.25) is 9.59 Å². The fourth-order valence-electron chi connectivity index (χ4n) is 3.83. The first-order valence-corrected chi connectivity index (χ1v) is 12.3. The molecule has 0 fully saturated rings. The Morgan fingerprint density at radius 3 is 2.22 bits per heavy atom. The standard InChI is InChI=1S/C31H31N3O3/c1-23(25-11-6-3-7-12-25)33-31(36)26-13-8-14-28(21-26)32-22-30(35)34-27-15-17-29(18-16-27)37-20-19-24-9-4-2-5-10-24/h2-18,21,23,32H,19-20,22H2,1H3,(H,33,36)(H,34,35). The van der Waals surface area contributed by atoms with Gasteiger partial charge in [0.25, 0.3) is 5.91 Å². The molecule has 0 aliphatic carbocycles. The average Bonchev–Trinajstić information content (AvgIpc) is 2.94. The molecule has 0 saturated carbocycles. The van der Waals surface area contributed by atoms with Crippen LogP contribution in [-0.4, -0.2) is 25.0 Å². The summed E-state index contributed by atoms with van der Waals surface area (Å²) in [5.74, 6) is 0.393. The third-order valence-electron chi connectivity index (χ3n) is 5.87. The zero-order chi connectivity index (χ0) is 25.9. The highest BCUT2D eigenvalue weighted by molar-refractivity contribution is 5.96. The molecule has 4 aromatic rings. The molecule has 6 nitrogen and oxygen atoms in total. The molecule has 0 saturated heterocycles. The second kappa shape index (κ2) is 12.9. The van der Waals surface area contributed by atoms with Crippen molar-refractivity contribution in [1.82, 2.24) is 5.32 Å². The first kappa shape index (κ1) is 25.5. The molecular formula is C31H31N3O3. The lowest BCUT2D eigenvalue weighted by molar-refractivity contribution is -0.114. The molecule has 2 amide bonds. The highest BCUT2D eigenvalue weighted by atomic mass is 16.5. The van der Waals surface area contributed by atoms with Crippen molar-refractivity contribution in [3.8, 4) is 5.75 Å². The molecule has 0 spiro atoms. The molecule has 0 heterocycles. The highest BCUT2D eigenvalue weighted by Crippen LogP contribution is 2.17. The van der Waals surface area contributed by atoms with Crippen LogP contribution < -0.4 is 20.7 Å². The molecule has 188 valence electrons. The molecule has 0 aliphatic heterocycles. The lowest BCUT2D eigenvalue weighted by Gasteiger charge is -2.15. The number of ether oxygens (including phenoxy) is 1. The van der Waals surface area contributed by atoms with Gasteiger partial charge in [0, 0.05) is 23.4 Å². The lowest BCUT2D eigenvalue weighted by Crippen LogP contribution is -2.26. The smallest absolute Gasteiger partial charge is 0.251 e. The number of amides is 2. The molecule has 0 aromatic heterocycles. The van der Waals surface area contributed by atoms with Gasteiger partial charge in [-0.25, -0.2) is 0 Å². The van der Waals surface area contributed by atoms with Crippen molar-refractivity contribution < 1.29 is 14.3 Å². The summed E-state index contributed by atoms with van der Waals surface area (Å²) in [6.07, 6.45) is 0.833. The highest BCUT2D eigenvalue weighted by Gasteiger charge is 2.12. The Morgan fingerprint density at radius 2 is 1.49 bits per heavy atom. The van der Waals surface area contributed by atoms with Gasteiger partial charge in [-0.05, 0) is 60.5 Å². The fraction of sp³-hybridized carbons (Fsp3) is 0.161. The van der Waals surface area contributed by atoms with E-state index < -0.39 is 0 Å². The Kier molecular flexibility index (Phi) is 8.92. The van der Waals surface area contributed by atoms with E-state index in [-0.39, 0.29) is 24.4 Å². The molecule has 3 N–H and O–H groups in total. The minimum Gasteiger partial charge on any atom is -0.493 e. The third-order valence-corrected chi connectivity index (χ3v) is 5.87. The molecule has 0 bridgehead atoms. The maximum atomic E-state index is 12.7. The van der Waals surface area contributed by atoms with Crippen LogP contribution in [-0.2, 0) is 11.2 Å². The molecule has 1 unspecified atom stereocenters. The fourth-order valence-corrected chi connectivity index (χ4v) is 3.83. The summed E-state index contributed by atoms with van der Waals surface area (Å²) in [4.78, 5) is 25.1. The predicted molar refractivity (Wildman–Crippen MR) is 148 cm³/mol. The molecule has 0 radical (unpaired) electrons. The molecular weight excluding hydrogens is 462 g/mol. The van der Waals surface area contributed by atoms with Gasteiger partial charge in [0.05, 0.1) is 19.2 Å². The van der Waals surface area contributed by atoms with E-state index >= 15 is 0 Å². The van der Waals surface area contributed by atoms with Crippen LogP contribution in [0.2, 0.25) is 0 Å². The first-order valence-electron chi connectivity index (χ1n) is 12.3. The van der Waals surface area contributed by atoms with E-state index in [1.165, 1.54) is 5.56 Å². The second-order valence-corrected chi connectivity index (χ2v) is 8.70. The van der Waals surface area contributed by atoms with Crippen molar-refractivity contribution in [2.75, 3.05) is 23.8 Å². The number of nitrogens with one attached hydrogen (secondary N) is 3. The van der Waals surface area contributed by atoms with Crippen LogP contribution in [0, 0.1) is 0 Å². The summed E-state index contributed by atoms with van der Waals surface area (Å²) in [6, 6.07) is 34.3. The van der Waals surface area contributed by atoms with Crippen LogP contribution in [0.3, 0.4) is 0 Å². The molecule has 37 heavy (non-hydrogen) atoms. The van der Waals surface area contributed by atoms with Gasteiger partial charge in [0.15, 0.2) is 0 Å². The van der Waals surface area contributed by atoms with E-state index in [4.69, 9.17) is 4.74 Å². The minimum atomic E-state index is -0.190. The summed E-state index contributed by atoms with van der Waals surface area (Å²) >= 11 is 0. The second-order valence-electron chi connectivity index (χ2n) is 8.70. The van der Waals surface area contributed by atoms with Gasteiger partial charge < -0.3 is 20.7 Å². The summed E-state index contributed by atoms with van der Waals surface area (Å²) in [5, 5.41) is 8.96. The summed E-state index contributed by atoms with van der Waals surface area (Å²) in [6.45, 7) is 2.60. The van der Waals surface area contributed by atoms with Crippen LogP contribution in [0.25, 0.3) is 0 Å². The van der Waals surface area contributed by atoms with Crippen LogP contribution in [0.1, 0.15) is 34.5 Å². The maximum Gasteiger partial charge on any atom is 0.251 e. The van der Waals surface area contributed by atoms with Gasteiger partial charge in [0.2, 0.25) is 5.91 Å². The van der Waals surface area contributed by atoms with Crippen molar-refractivity contribution >= 4 is 23.2 Å². The monoisotopic (exact) mass is 493 g/mol. The molecule has 1 atom stereocenters. The number of hydrogen-bond donors (Lipinski definition) is 3. The van der Waals surface area contributed by atoms with E-state index in [2.05, 4.69) is 28.1 Å². The molecule has 0 aliphatic rings. The Balaban J connectivity index is 1.22. The largest absolute Gasteiger partial charge is 0.493 e. The normalized spacial score (nSPS) is 11.3. The number of hydrogen-bond acceptors (Lipinski definition) is 4. The number of anilines is 2. The van der Waals surface area contributed by atoms with Crippen LogP contribution in [0.5, 0.6) is 5.75 Å². The minimum absolute atomic E-state index is 0.0703. The average molecular weight is 494 g/mol. The number of rotatable bonds is 11. The zero-order valence-electron chi connectivity index (χ0n) is 20.8. The number of benzene rings is 4. The molecule has 6 heteroatoms. The lowest BCUT2D eigenvalue weighted by atomic mass is 10.1. The maximum absolute atomic E-state index is 12.7. The van der Waals surface area contributed by atoms with E-state index in [0.29, 0.717) is 23.5 Å². The Labute approximate surface area is 217 Å². The predicted octanol–water partition coefficient (Wildman–Crippen LogP) is 5.85. The molecule has 4 aromatic carbocycles. The van der Waals surface area contributed by atoms with E-state index in [1.807, 2.05) is 85.8 Å². The van der Waals surface area contributed by atoms with E-state index in [1.54, 1.807) is 18.2 Å². The summed E-state index contributed by atoms with van der Waals surface area (Å²) in [5.41, 5.74) is 4.17. The van der Waals surface area contributed by atoms with Gasteiger partial charge in [-0.2, -0.15) is 0 Å². The summed E-state index contributed by atoms with van der Waals surface area (Å²) in [7, 11) is 0. The first-order chi connectivity index (χ1) is 18.1. The van der Waals surface area contributed by atoms with Gasteiger partial charge in [0.1, 0.15) is 5.75 Å². The third kappa shape index (κ3) is 7.97. The quantitative estimate of drug-likeness (QED) is 0.245. The van der Waals surface area contributed by atoms with E-state index in [0.717, 1.165) is 17.7 Å². The van der Waals surface area contributed by atoms with Crippen molar-refractivity contribution in [3.63, 3.8) is 0 Å². The van der Waals surface area contributed by atoms with Gasteiger partial charge >= 0.3 is 0 Å². The topological polar surface area (TPSA) is 79.5 Å². The van der Waals surface area contributed by atoms with Crippen LogP contribution in [0.15, 0.2) is 109 Å². The van der Waals surface area contributed by atoms with Crippen molar-refractivity contribution in [1.29, 1.82) is 0 Å².